The standard InChI is InChI=1S/C25H23FN6O3/c26-18-9-4-8-17(12-18)13-27-24(33)21-20-23(29-15-28-21)31-22(30-20)19-10-5-11-32(19)25(34)35-14-16-6-2-1-3-7-16/h1-4,6-9,12,15,19H,5,10-11,13-14H2,(H,27,33)(H,28,29,30,31)/t19-/m1/s1. The Balaban J connectivity index is 1.31. The number of ether oxygens (including phenoxy) is 1. The minimum Gasteiger partial charge on any atom is -0.445 e. The molecule has 4 aromatic rings. The molecule has 2 amide bonds. The van der Waals surface area contributed by atoms with Crippen LogP contribution in [0.3, 0.4) is 0 Å². The molecule has 3 heterocycles. The van der Waals surface area contributed by atoms with E-state index in [1.807, 2.05) is 30.3 Å². The molecule has 5 rings (SSSR count). The van der Waals surface area contributed by atoms with Gasteiger partial charge in [-0.1, -0.05) is 42.5 Å². The number of imidazole rings is 1. The van der Waals surface area contributed by atoms with Gasteiger partial charge in [-0.15, -0.1) is 0 Å². The molecule has 178 valence electrons. The average Bonchev–Trinajstić information content (AvgIpc) is 3.53. The number of fused-ring (bicyclic) bond motifs is 1. The van der Waals surface area contributed by atoms with E-state index in [-0.39, 0.29) is 30.7 Å². The van der Waals surface area contributed by atoms with Gasteiger partial charge in [0.15, 0.2) is 11.3 Å². The molecule has 1 aliphatic heterocycles. The number of rotatable bonds is 6. The van der Waals surface area contributed by atoms with Gasteiger partial charge < -0.3 is 15.0 Å². The molecule has 1 atom stereocenters. The zero-order valence-electron chi connectivity index (χ0n) is 18.8. The minimum atomic E-state index is -0.442. The Morgan fingerprint density at radius 2 is 1.94 bits per heavy atom. The lowest BCUT2D eigenvalue weighted by molar-refractivity contribution is 0.0908. The zero-order chi connectivity index (χ0) is 24.2. The average molecular weight is 474 g/mol. The number of benzene rings is 2. The highest BCUT2D eigenvalue weighted by Gasteiger charge is 2.34. The fraction of sp³-hybridized carbons (Fsp3) is 0.240. The highest BCUT2D eigenvalue weighted by Crippen LogP contribution is 2.32. The van der Waals surface area contributed by atoms with Gasteiger partial charge in [-0.2, -0.15) is 0 Å². The normalized spacial score (nSPS) is 15.3. The molecule has 2 N–H and O–H groups in total. The van der Waals surface area contributed by atoms with Crippen LogP contribution in [0, 0.1) is 5.82 Å². The molecule has 0 aliphatic carbocycles. The number of halogens is 1. The molecule has 0 saturated carbocycles. The molecule has 2 aromatic heterocycles. The number of likely N-dealkylation sites (tertiary alicyclic amines) is 1. The second kappa shape index (κ2) is 9.88. The fourth-order valence-corrected chi connectivity index (χ4v) is 4.16. The molecule has 0 radical (unpaired) electrons. The molecular weight excluding hydrogens is 451 g/mol. The lowest BCUT2D eigenvalue weighted by Crippen LogP contribution is -2.31. The number of nitrogens with one attached hydrogen (secondary N) is 2. The highest BCUT2D eigenvalue weighted by atomic mass is 19.1. The number of amides is 2. The van der Waals surface area contributed by atoms with Crippen molar-refractivity contribution in [3.8, 4) is 0 Å². The topological polar surface area (TPSA) is 113 Å². The number of carbonyl (C=O) groups excluding carboxylic acids is 2. The van der Waals surface area contributed by atoms with Gasteiger partial charge in [-0.05, 0) is 36.1 Å². The molecule has 2 aromatic carbocycles. The first-order chi connectivity index (χ1) is 17.1. The first-order valence-electron chi connectivity index (χ1n) is 11.3. The summed E-state index contributed by atoms with van der Waals surface area (Å²) < 4.78 is 18.9. The summed E-state index contributed by atoms with van der Waals surface area (Å²) >= 11 is 0. The van der Waals surface area contributed by atoms with Crippen LogP contribution in [0.5, 0.6) is 0 Å². The maximum atomic E-state index is 13.4. The predicted octanol–water partition coefficient (Wildman–Crippen LogP) is 3.90. The number of aromatic nitrogens is 4. The van der Waals surface area contributed by atoms with Gasteiger partial charge in [0.1, 0.15) is 30.1 Å². The zero-order valence-corrected chi connectivity index (χ0v) is 18.8. The molecule has 35 heavy (non-hydrogen) atoms. The van der Waals surface area contributed by atoms with Crippen molar-refractivity contribution in [2.75, 3.05) is 6.54 Å². The first kappa shape index (κ1) is 22.5. The van der Waals surface area contributed by atoms with Gasteiger partial charge in [0.05, 0.1) is 6.04 Å². The van der Waals surface area contributed by atoms with Crippen molar-refractivity contribution in [1.29, 1.82) is 0 Å². The SMILES string of the molecule is O=C(NCc1cccc(F)c1)c1ncnc2nc([C@H]3CCCN3C(=O)OCc3ccccc3)[nH]c12. The van der Waals surface area contributed by atoms with Crippen LogP contribution >= 0.6 is 0 Å². The van der Waals surface area contributed by atoms with E-state index < -0.39 is 12.0 Å². The van der Waals surface area contributed by atoms with Gasteiger partial charge in [0.2, 0.25) is 0 Å². The largest absolute Gasteiger partial charge is 0.445 e. The van der Waals surface area contributed by atoms with Gasteiger partial charge in [-0.3, -0.25) is 9.69 Å². The number of nitrogens with zero attached hydrogens (tertiary/aromatic N) is 4. The van der Waals surface area contributed by atoms with E-state index in [1.165, 1.54) is 18.5 Å². The summed E-state index contributed by atoms with van der Waals surface area (Å²) in [5.41, 5.74) is 2.37. The molecule has 10 heteroatoms. The van der Waals surface area contributed by atoms with Crippen LogP contribution in [0.15, 0.2) is 60.9 Å². The second-order valence-corrected chi connectivity index (χ2v) is 8.25. The molecule has 1 saturated heterocycles. The van der Waals surface area contributed by atoms with Gasteiger partial charge >= 0.3 is 6.09 Å². The molecule has 0 spiro atoms. The van der Waals surface area contributed by atoms with Crippen LogP contribution in [-0.2, 0) is 17.9 Å². The van der Waals surface area contributed by atoms with E-state index in [1.54, 1.807) is 17.0 Å². The Labute approximate surface area is 200 Å². The Kier molecular flexibility index (Phi) is 6.34. The number of H-pyrrole nitrogens is 1. The third-order valence-electron chi connectivity index (χ3n) is 5.87. The summed E-state index contributed by atoms with van der Waals surface area (Å²) in [5, 5.41) is 2.74. The quantitative estimate of drug-likeness (QED) is 0.438. The lowest BCUT2D eigenvalue weighted by atomic mass is 10.2. The number of carbonyl (C=O) groups is 2. The Morgan fingerprint density at radius 1 is 1.11 bits per heavy atom. The molecule has 0 unspecified atom stereocenters. The molecule has 1 fully saturated rings. The summed E-state index contributed by atoms with van der Waals surface area (Å²) in [6, 6.07) is 15.2. The Morgan fingerprint density at radius 3 is 2.77 bits per heavy atom. The lowest BCUT2D eigenvalue weighted by Gasteiger charge is -2.22. The van der Waals surface area contributed by atoms with E-state index in [0.29, 0.717) is 35.5 Å². The molecule has 0 bridgehead atoms. The number of hydrogen-bond donors (Lipinski definition) is 2. The second-order valence-electron chi connectivity index (χ2n) is 8.25. The maximum Gasteiger partial charge on any atom is 0.410 e. The fourth-order valence-electron chi connectivity index (χ4n) is 4.16. The molecular formula is C25H23FN6O3. The van der Waals surface area contributed by atoms with E-state index in [0.717, 1.165) is 12.0 Å². The minimum absolute atomic E-state index is 0.126. The van der Waals surface area contributed by atoms with Crippen LogP contribution in [0.25, 0.3) is 11.2 Å². The summed E-state index contributed by atoms with van der Waals surface area (Å²) in [7, 11) is 0. The smallest absolute Gasteiger partial charge is 0.410 e. The summed E-state index contributed by atoms with van der Waals surface area (Å²) in [6.45, 7) is 0.874. The summed E-state index contributed by atoms with van der Waals surface area (Å²) in [4.78, 5) is 43.2. The van der Waals surface area contributed by atoms with Crippen molar-refractivity contribution in [3.05, 3.63) is 89.4 Å². The number of hydrogen-bond acceptors (Lipinski definition) is 6. The third-order valence-corrected chi connectivity index (χ3v) is 5.87. The predicted molar refractivity (Wildman–Crippen MR) is 125 cm³/mol. The van der Waals surface area contributed by atoms with Crippen molar-refractivity contribution >= 4 is 23.2 Å². The van der Waals surface area contributed by atoms with E-state index in [9.17, 15) is 14.0 Å². The van der Waals surface area contributed by atoms with Crippen molar-refractivity contribution < 1.29 is 18.7 Å². The number of aromatic amines is 1. The highest BCUT2D eigenvalue weighted by molar-refractivity contribution is 6.02. The van der Waals surface area contributed by atoms with Gasteiger partial charge in [0.25, 0.3) is 5.91 Å². The molecule has 9 nitrogen and oxygen atoms in total. The van der Waals surface area contributed by atoms with Crippen molar-refractivity contribution in [3.63, 3.8) is 0 Å². The Hall–Kier alpha value is -4.34. The first-order valence-corrected chi connectivity index (χ1v) is 11.3. The monoisotopic (exact) mass is 474 g/mol. The van der Waals surface area contributed by atoms with Crippen LogP contribution in [0.2, 0.25) is 0 Å². The Bertz CT molecular complexity index is 1360. The maximum absolute atomic E-state index is 13.4. The summed E-state index contributed by atoms with van der Waals surface area (Å²) in [6.07, 6.45) is 2.35. The van der Waals surface area contributed by atoms with E-state index in [4.69, 9.17) is 4.74 Å². The molecule has 1 aliphatic rings. The van der Waals surface area contributed by atoms with Gasteiger partial charge in [0, 0.05) is 13.1 Å². The van der Waals surface area contributed by atoms with E-state index in [2.05, 4.69) is 25.3 Å². The van der Waals surface area contributed by atoms with Crippen LogP contribution in [-0.4, -0.2) is 43.4 Å². The van der Waals surface area contributed by atoms with Gasteiger partial charge in [-0.25, -0.2) is 24.1 Å². The van der Waals surface area contributed by atoms with Crippen molar-refractivity contribution in [2.24, 2.45) is 0 Å². The van der Waals surface area contributed by atoms with Crippen molar-refractivity contribution in [1.82, 2.24) is 30.2 Å². The van der Waals surface area contributed by atoms with E-state index >= 15 is 0 Å². The third kappa shape index (κ3) is 4.96. The summed E-state index contributed by atoms with van der Waals surface area (Å²) in [5.74, 6) is -0.293. The van der Waals surface area contributed by atoms with Crippen LogP contribution in [0.4, 0.5) is 9.18 Å². The van der Waals surface area contributed by atoms with Crippen LogP contribution < -0.4 is 5.32 Å². The van der Waals surface area contributed by atoms with Crippen molar-refractivity contribution in [2.45, 2.75) is 32.0 Å². The van der Waals surface area contributed by atoms with Crippen LogP contribution in [0.1, 0.15) is 46.3 Å².